The topological polar surface area (TPSA) is 102 Å². The van der Waals surface area contributed by atoms with Crippen LogP contribution in [0.4, 0.5) is 11.4 Å². The Morgan fingerprint density at radius 3 is 2.21 bits per heavy atom. The van der Waals surface area contributed by atoms with Crippen molar-refractivity contribution in [3.63, 3.8) is 0 Å². The van der Waals surface area contributed by atoms with Crippen molar-refractivity contribution in [2.75, 3.05) is 42.7 Å². The Bertz CT molecular complexity index is 656. The number of methoxy groups -OCH3 is 2. The van der Waals surface area contributed by atoms with Crippen molar-refractivity contribution < 1.29 is 27.5 Å². The van der Waals surface area contributed by atoms with Gasteiger partial charge in [-0.25, -0.2) is 8.42 Å². The Morgan fingerprint density at radius 2 is 1.71 bits per heavy atom. The van der Waals surface area contributed by atoms with Crippen molar-refractivity contribution in [2.45, 2.75) is 13.3 Å². The molecule has 0 aliphatic carbocycles. The van der Waals surface area contributed by atoms with Gasteiger partial charge >= 0.3 is 11.9 Å². The number of rotatable bonds is 9. The second-order valence-electron chi connectivity index (χ2n) is 4.98. The van der Waals surface area contributed by atoms with Crippen LogP contribution in [0.2, 0.25) is 0 Å². The van der Waals surface area contributed by atoms with Crippen LogP contribution in [0.5, 0.6) is 0 Å². The number of nitrogens with one attached hydrogen (secondary N) is 1. The van der Waals surface area contributed by atoms with E-state index in [4.69, 9.17) is 0 Å². The predicted molar refractivity (Wildman–Crippen MR) is 90.4 cm³/mol. The van der Waals surface area contributed by atoms with E-state index < -0.39 is 22.0 Å². The minimum Gasteiger partial charge on any atom is -0.468 e. The molecule has 1 aromatic carbocycles. The molecule has 0 spiro atoms. The molecule has 0 radical (unpaired) electrons. The van der Waals surface area contributed by atoms with Gasteiger partial charge in [0.25, 0.3) is 0 Å². The number of hydrogen-bond acceptors (Lipinski definition) is 7. The Morgan fingerprint density at radius 1 is 1.12 bits per heavy atom. The first-order valence-corrected chi connectivity index (χ1v) is 8.95. The average molecular weight is 358 g/mol. The number of carbonyl (C=O) groups excluding carboxylic acids is 2. The zero-order valence-corrected chi connectivity index (χ0v) is 14.8. The van der Waals surface area contributed by atoms with Crippen molar-refractivity contribution in [1.82, 2.24) is 0 Å². The molecule has 134 valence electrons. The summed E-state index contributed by atoms with van der Waals surface area (Å²) in [5.41, 5.74) is 0.836. The molecule has 24 heavy (non-hydrogen) atoms. The van der Waals surface area contributed by atoms with Crippen LogP contribution in [-0.2, 0) is 29.1 Å². The number of hydrogen-bond donors (Lipinski definition) is 1. The van der Waals surface area contributed by atoms with Gasteiger partial charge in [-0.1, -0.05) is 13.0 Å². The van der Waals surface area contributed by atoms with Gasteiger partial charge in [-0.15, -0.1) is 0 Å². The molecule has 9 heteroatoms. The fourth-order valence-electron chi connectivity index (χ4n) is 1.94. The van der Waals surface area contributed by atoms with Gasteiger partial charge in [0.15, 0.2) is 0 Å². The summed E-state index contributed by atoms with van der Waals surface area (Å²) in [5, 5.41) is 0. The molecule has 0 aromatic heterocycles. The summed E-state index contributed by atoms with van der Waals surface area (Å²) in [5.74, 6) is -1.06. The summed E-state index contributed by atoms with van der Waals surface area (Å²) in [6.45, 7) is 1.43. The molecule has 0 aliphatic rings. The number of anilines is 2. The highest BCUT2D eigenvalue weighted by Crippen LogP contribution is 2.20. The van der Waals surface area contributed by atoms with Gasteiger partial charge in [-0.05, 0) is 24.6 Å². The molecule has 0 saturated heterocycles. The maximum Gasteiger partial charge on any atom is 0.325 e. The van der Waals surface area contributed by atoms with Crippen molar-refractivity contribution >= 4 is 33.3 Å². The summed E-state index contributed by atoms with van der Waals surface area (Å²) in [4.78, 5) is 24.5. The molecule has 8 nitrogen and oxygen atoms in total. The highest BCUT2D eigenvalue weighted by Gasteiger charge is 2.17. The van der Waals surface area contributed by atoms with E-state index in [2.05, 4.69) is 14.2 Å². The Hall–Kier alpha value is -2.29. The number of sulfonamides is 1. The molecular weight excluding hydrogens is 336 g/mol. The molecule has 0 atom stereocenters. The van der Waals surface area contributed by atoms with E-state index in [1.54, 1.807) is 31.2 Å². The lowest BCUT2D eigenvalue weighted by Crippen LogP contribution is -2.35. The van der Waals surface area contributed by atoms with Crippen molar-refractivity contribution in [1.29, 1.82) is 0 Å². The van der Waals surface area contributed by atoms with E-state index in [1.807, 2.05) is 0 Å². The molecule has 0 fully saturated rings. The van der Waals surface area contributed by atoms with Crippen LogP contribution in [0.15, 0.2) is 24.3 Å². The first kappa shape index (κ1) is 19.8. The van der Waals surface area contributed by atoms with E-state index in [0.717, 1.165) is 0 Å². The van der Waals surface area contributed by atoms with Crippen molar-refractivity contribution in [3.8, 4) is 0 Å². The number of carbonyl (C=O) groups is 2. The van der Waals surface area contributed by atoms with E-state index in [-0.39, 0.29) is 18.8 Å². The molecule has 0 heterocycles. The van der Waals surface area contributed by atoms with Crippen molar-refractivity contribution in [3.05, 3.63) is 24.3 Å². The molecule has 0 aliphatic heterocycles. The second kappa shape index (κ2) is 9.11. The Labute approximate surface area is 141 Å². The van der Waals surface area contributed by atoms with Crippen LogP contribution in [0.1, 0.15) is 13.3 Å². The zero-order chi connectivity index (χ0) is 18.2. The second-order valence-corrected chi connectivity index (χ2v) is 6.82. The number of ether oxygens (including phenoxy) is 2. The predicted octanol–water partition coefficient (Wildman–Crippen LogP) is 0.991. The van der Waals surface area contributed by atoms with Gasteiger partial charge in [0, 0.05) is 5.69 Å². The number of esters is 2. The Kier molecular flexibility index (Phi) is 7.50. The average Bonchev–Trinajstić information content (AvgIpc) is 2.53. The van der Waals surface area contributed by atoms with Crippen LogP contribution < -0.4 is 9.62 Å². The van der Waals surface area contributed by atoms with Crippen LogP contribution in [0.3, 0.4) is 0 Å². The highest BCUT2D eigenvalue weighted by atomic mass is 32.2. The standard InChI is InChI=1S/C15H22N2O6S/c1-4-8-24(20,21)16-12-6-5-7-13(9-12)17(10-14(18)22-2)11-15(19)23-3/h5-7,9,16H,4,8,10-11H2,1-3H3. The van der Waals surface area contributed by atoms with E-state index in [1.165, 1.54) is 19.1 Å². The third-order valence-corrected chi connectivity index (χ3v) is 4.55. The lowest BCUT2D eigenvalue weighted by Gasteiger charge is -2.22. The molecule has 0 unspecified atom stereocenters. The summed E-state index contributed by atoms with van der Waals surface area (Å²) in [7, 11) is -0.946. The van der Waals surface area contributed by atoms with Gasteiger partial charge in [0.2, 0.25) is 10.0 Å². The summed E-state index contributed by atoms with van der Waals surface area (Å²) in [6.07, 6.45) is 0.492. The maximum absolute atomic E-state index is 11.9. The SMILES string of the molecule is CCCS(=O)(=O)Nc1cccc(N(CC(=O)OC)CC(=O)OC)c1. The first-order valence-electron chi connectivity index (χ1n) is 7.30. The maximum atomic E-state index is 11.9. The summed E-state index contributed by atoms with van der Waals surface area (Å²) in [6, 6.07) is 6.41. The van der Waals surface area contributed by atoms with Crippen molar-refractivity contribution in [2.24, 2.45) is 0 Å². The van der Waals surface area contributed by atoms with Crippen LogP contribution in [0, 0.1) is 0 Å². The third kappa shape index (κ3) is 6.45. The van der Waals surface area contributed by atoms with Gasteiger partial charge in [-0.2, -0.15) is 0 Å². The summed E-state index contributed by atoms with van der Waals surface area (Å²) < 4.78 is 35.4. The smallest absolute Gasteiger partial charge is 0.325 e. The summed E-state index contributed by atoms with van der Waals surface area (Å²) >= 11 is 0. The fourth-order valence-corrected chi connectivity index (χ4v) is 3.07. The molecule has 0 bridgehead atoms. The van der Waals surface area contributed by atoms with Gasteiger partial charge < -0.3 is 14.4 Å². The van der Waals surface area contributed by atoms with Gasteiger partial charge in [-0.3, -0.25) is 14.3 Å². The lowest BCUT2D eigenvalue weighted by molar-refractivity contribution is -0.140. The number of benzene rings is 1. The van der Waals surface area contributed by atoms with Gasteiger partial charge in [0.05, 0.1) is 25.7 Å². The normalized spacial score (nSPS) is 10.8. The highest BCUT2D eigenvalue weighted by molar-refractivity contribution is 7.92. The van der Waals surface area contributed by atoms with Gasteiger partial charge in [0.1, 0.15) is 13.1 Å². The van der Waals surface area contributed by atoms with Crippen LogP contribution >= 0.6 is 0 Å². The largest absolute Gasteiger partial charge is 0.468 e. The molecule has 1 rings (SSSR count). The monoisotopic (exact) mass is 358 g/mol. The molecule has 0 saturated carbocycles. The fraction of sp³-hybridized carbons (Fsp3) is 0.467. The van der Waals surface area contributed by atoms with Crippen LogP contribution in [-0.4, -0.2) is 53.4 Å². The zero-order valence-electron chi connectivity index (χ0n) is 13.9. The van der Waals surface area contributed by atoms with E-state index in [9.17, 15) is 18.0 Å². The van der Waals surface area contributed by atoms with E-state index >= 15 is 0 Å². The quantitative estimate of drug-likeness (QED) is 0.657. The molecule has 1 aromatic rings. The van der Waals surface area contributed by atoms with Crippen LogP contribution in [0.25, 0.3) is 0 Å². The Balaban J connectivity index is 3.03. The minimum absolute atomic E-state index is 0.00522. The minimum atomic E-state index is -3.43. The third-order valence-electron chi connectivity index (χ3n) is 3.05. The lowest BCUT2D eigenvalue weighted by atomic mass is 10.2. The molecule has 0 amide bonds. The molecular formula is C15H22N2O6S. The number of nitrogens with zero attached hydrogens (tertiary/aromatic N) is 1. The molecule has 1 N–H and O–H groups in total. The first-order chi connectivity index (χ1) is 11.3. The van der Waals surface area contributed by atoms with E-state index in [0.29, 0.717) is 17.8 Å².